The second-order valence-corrected chi connectivity index (χ2v) is 5.52. The van der Waals surface area contributed by atoms with Crippen molar-refractivity contribution in [2.75, 3.05) is 19.0 Å². The van der Waals surface area contributed by atoms with Gasteiger partial charge in [0.05, 0.1) is 6.04 Å². The fourth-order valence-corrected chi connectivity index (χ4v) is 2.83. The molecule has 1 saturated heterocycles. The summed E-state index contributed by atoms with van der Waals surface area (Å²) in [6.45, 7) is 2.81. The maximum atomic E-state index is 12.1. The van der Waals surface area contributed by atoms with Crippen LogP contribution < -0.4 is 0 Å². The number of hydrogen-bond donors (Lipinski definition) is 1. The predicted molar refractivity (Wildman–Crippen MR) is 76.2 cm³/mol. The standard InChI is InChI=1S/C15H20ClNO2/c1-11-2-4-13(5-3-11)14(6-7-18)17-10-12(9-16)8-15(17)19/h2-5,12,14,18H,6-10H2,1H3. The SMILES string of the molecule is Cc1ccc(C(CCO)N2CC(CCl)CC2=O)cc1. The number of rotatable bonds is 5. The van der Waals surface area contributed by atoms with Gasteiger partial charge in [0.1, 0.15) is 0 Å². The molecule has 0 aliphatic carbocycles. The summed E-state index contributed by atoms with van der Waals surface area (Å²) in [7, 11) is 0. The zero-order valence-electron chi connectivity index (χ0n) is 11.2. The number of carbonyl (C=O) groups is 1. The summed E-state index contributed by atoms with van der Waals surface area (Å²) in [5, 5.41) is 9.26. The molecule has 0 radical (unpaired) electrons. The van der Waals surface area contributed by atoms with Crippen LogP contribution in [-0.4, -0.2) is 34.9 Å². The topological polar surface area (TPSA) is 40.5 Å². The summed E-state index contributed by atoms with van der Waals surface area (Å²) < 4.78 is 0. The van der Waals surface area contributed by atoms with E-state index in [1.54, 1.807) is 0 Å². The van der Waals surface area contributed by atoms with Crippen molar-refractivity contribution in [1.82, 2.24) is 4.90 Å². The fourth-order valence-electron chi connectivity index (χ4n) is 2.63. The van der Waals surface area contributed by atoms with Crippen molar-refractivity contribution >= 4 is 17.5 Å². The lowest BCUT2D eigenvalue weighted by Gasteiger charge is -2.28. The number of aryl methyl sites for hydroxylation is 1. The van der Waals surface area contributed by atoms with Gasteiger partial charge >= 0.3 is 0 Å². The van der Waals surface area contributed by atoms with Crippen LogP contribution in [0.15, 0.2) is 24.3 Å². The molecule has 3 nitrogen and oxygen atoms in total. The van der Waals surface area contributed by atoms with Gasteiger partial charge in [-0.3, -0.25) is 4.79 Å². The van der Waals surface area contributed by atoms with E-state index >= 15 is 0 Å². The van der Waals surface area contributed by atoms with Crippen LogP contribution in [0.4, 0.5) is 0 Å². The van der Waals surface area contributed by atoms with Crippen molar-refractivity contribution in [3.05, 3.63) is 35.4 Å². The first-order chi connectivity index (χ1) is 9.15. The molecule has 1 amide bonds. The van der Waals surface area contributed by atoms with E-state index in [4.69, 9.17) is 11.6 Å². The lowest BCUT2D eigenvalue weighted by atomic mass is 10.0. The zero-order chi connectivity index (χ0) is 13.8. The van der Waals surface area contributed by atoms with E-state index in [9.17, 15) is 9.90 Å². The first-order valence-corrected chi connectivity index (χ1v) is 7.22. The number of benzene rings is 1. The highest BCUT2D eigenvalue weighted by Crippen LogP contribution is 2.31. The number of nitrogens with zero attached hydrogens (tertiary/aromatic N) is 1. The minimum atomic E-state index is -0.0358. The maximum absolute atomic E-state index is 12.1. The van der Waals surface area contributed by atoms with Gasteiger partial charge < -0.3 is 10.0 Å². The minimum absolute atomic E-state index is 0.0358. The monoisotopic (exact) mass is 281 g/mol. The molecule has 1 aliphatic rings. The van der Waals surface area contributed by atoms with Crippen molar-refractivity contribution in [1.29, 1.82) is 0 Å². The van der Waals surface area contributed by atoms with Crippen molar-refractivity contribution in [2.24, 2.45) is 5.92 Å². The summed E-state index contributed by atoms with van der Waals surface area (Å²) in [5.41, 5.74) is 2.28. The molecule has 1 fully saturated rings. The molecule has 1 heterocycles. The molecule has 0 spiro atoms. The van der Waals surface area contributed by atoms with Crippen LogP contribution in [0.3, 0.4) is 0 Å². The molecule has 0 saturated carbocycles. The number of aliphatic hydroxyl groups is 1. The molecule has 1 aliphatic heterocycles. The average molecular weight is 282 g/mol. The third-order valence-electron chi connectivity index (χ3n) is 3.70. The Morgan fingerprint density at radius 2 is 2.11 bits per heavy atom. The zero-order valence-corrected chi connectivity index (χ0v) is 11.9. The molecule has 0 bridgehead atoms. The lowest BCUT2D eigenvalue weighted by Crippen LogP contribution is -2.31. The number of halogens is 1. The van der Waals surface area contributed by atoms with Crippen molar-refractivity contribution in [2.45, 2.75) is 25.8 Å². The van der Waals surface area contributed by atoms with E-state index in [0.717, 1.165) is 5.56 Å². The Bertz CT molecular complexity index is 432. The molecule has 2 rings (SSSR count). The molecular formula is C15H20ClNO2. The van der Waals surface area contributed by atoms with Gasteiger partial charge in [-0.25, -0.2) is 0 Å². The summed E-state index contributed by atoms with van der Waals surface area (Å²) in [6.07, 6.45) is 1.10. The van der Waals surface area contributed by atoms with E-state index in [0.29, 0.717) is 25.3 Å². The van der Waals surface area contributed by atoms with Crippen LogP contribution in [0.5, 0.6) is 0 Å². The van der Waals surface area contributed by atoms with Crippen LogP contribution in [0, 0.1) is 12.8 Å². The van der Waals surface area contributed by atoms with Crippen molar-refractivity contribution in [3.63, 3.8) is 0 Å². The molecule has 2 unspecified atom stereocenters. The Balaban J connectivity index is 2.20. The van der Waals surface area contributed by atoms with Crippen LogP contribution in [0.1, 0.15) is 30.0 Å². The summed E-state index contributed by atoms with van der Waals surface area (Å²) in [4.78, 5) is 14.0. The Morgan fingerprint density at radius 3 is 2.63 bits per heavy atom. The van der Waals surface area contributed by atoms with E-state index in [1.165, 1.54) is 5.56 Å². The maximum Gasteiger partial charge on any atom is 0.223 e. The molecule has 0 aromatic heterocycles. The van der Waals surface area contributed by atoms with Gasteiger partial charge in [-0.05, 0) is 24.8 Å². The van der Waals surface area contributed by atoms with Crippen LogP contribution in [0.2, 0.25) is 0 Å². The number of carbonyl (C=O) groups excluding carboxylic acids is 1. The van der Waals surface area contributed by atoms with Gasteiger partial charge in [-0.15, -0.1) is 11.6 Å². The highest BCUT2D eigenvalue weighted by Gasteiger charge is 2.34. The van der Waals surface area contributed by atoms with Gasteiger partial charge in [0.15, 0.2) is 0 Å². The normalized spacial score (nSPS) is 20.9. The number of likely N-dealkylation sites (tertiary alicyclic amines) is 1. The van der Waals surface area contributed by atoms with Gasteiger partial charge in [-0.1, -0.05) is 29.8 Å². The second kappa shape index (κ2) is 6.40. The fraction of sp³-hybridized carbons (Fsp3) is 0.533. The first-order valence-electron chi connectivity index (χ1n) is 6.68. The van der Waals surface area contributed by atoms with Crippen LogP contribution in [-0.2, 0) is 4.79 Å². The molecule has 4 heteroatoms. The molecule has 19 heavy (non-hydrogen) atoms. The van der Waals surface area contributed by atoms with E-state index in [1.807, 2.05) is 36.1 Å². The number of alkyl halides is 1. The van der Waals surface area contributed by atoms with Crippen LogP contribution >= 0.6 is 11.6 Å². The second-order valence-electron chi connectivity index (χ2n) is 5.21. The van der Waals surface area contributed by atoms with Gasteiger partial charge in [0.25, 0.3) is 0 Å². The van der Waals surface area contributed by atoms with E-state index in [-0.39, 0.29) is 24.5 Å². The van der Waals surface area contributed by atoms with Gasteiger partial charge in [0.2, 0.25) is 5.91 Å². The molecule has 1 aromatic rings. The molecular weight excluding hydrogens is 262 g/mol. The van der Waals surface area contributed by atoms with Gasteiger partial charge in [-0.2, -0.15) is 0 Å². The Morgan fingerprint density at radius 1 is 1.42 bits per heavy atom. The van der Waals surface area contributed by atoms with E-state index in [2.05, 4.69) is 0 Å². The van der Waals surface area contributed by atoms with Crippen molar-refractivity contribution in [3.8, 4) is 0 Å². The predicted octanol–water partition coefficient (Wildman–Crippen LogP) is 2.51. The highest BCUT2D eigenvalue weighted by molar-refractivity contribution is 6.18. The molecule has 1 aromatic carbocycles. The first kappa shape index (κ1) is 14.4. The molecule has 1 N–H and O–H groups in total. The number of amides is 1. The number of hydrogen-bond acceptors (Lipinski definition) is 2. The smallest absolute Gasteiger partial charge is 0.223 e. The van der Waals surface area contributed by atoms with Crippen molar-refractivity contribution < 1.29 is 9.90 Å². The summed E-state index contributed by atoms with van der Waals surface area (Å²) in [5.74, 6) is 0.896. The Kier molecular flexibility index (Phi) is 4.83. The number of aliphatic hydroxyl groups excluding tert-OH is 1. The van der Waals surface area contributed by atoms with Gasteiger partial charge in [0, 0.05) is 25.5 Å². The quantitative estimate of drug-likeness (QED) is 0.843. The molecule has 2 atom stereocenters. The largest absolute Gasteiger partial charge is 0.396 e. The average Bonchev–Trinajstić information content (AvgIpc) is 2.78. The molecule has 104 valence electrons. The summed E-state index contributed by atoms with van der Waals surface area (Å²) >= 11 is 5.86. The summed E-state index contributed by atoms with van der Waals surface area (Å²) in [6, 6.07) is 8.12. The van der Waals surface area contributed by atoms with Crippen LogP contribution in [0.25, 0.3) is 0 Å². The third kappa shape index (κ3) is 3.28. The third-order valence-corrected chi connectivity index (χ3v) is 4.13. The lowest BCUT2D eigenvalue weighted by molar-refractivity contribution is -0.130. The highest BCUT2D eigenvalue weighted by atomic mass is 35.5. The Labute approximate surface area is 119 Å². The minimum Gasteiger partial charge on any atom is -0.396 e. The van der Waals surface area contributed by atoms with E-state index < -0.39 is 0 Å². The Hall–Kier alpha value is -1.06.